The molecule has 0 spiro atoms. The first kappa shape index (κ1) is 17.9. The van der Waals surface area contributed by atoms with Crippen molar-refractivity contribution in [2.45, 2.75) is 53.0 Å². The fourth-order valence-corrected chi connectivity index (χ4v) is 5.01. The van der Waals surface area contributed by atoms with Crippen LogP contribution in [-0.2, 0) is 17.6 Å². The Morgan fingerprint density at radius 3 is 2.89 bits per heavy atom. The fourth-order valence-electron chi connectivity index (χ4n) is 3.60. The third-order valence-corrected chi connectivity index (χ3v) is 6.39. The van der Waals surface area contributed by atoms with Crippen molar-refractivity contribution in [2.75, 3.05) is 5.43 Å². The van der Waals surface area contributed by atoms with Crippen molar-refractivity contribution in [1.29, 1.82) is 0 Å². The minimum atomic E-state index is -0.530. The SMILES string of the molecule is Cc1ccn([C@H](C)C(=O)Nn2c(C)nc3sc4c(c3c2=O)CC[C@@H](C)C4)n1. The van der Waals surface area contributed by atoms with Gasteiger partial charge < -0.3 is 0 Å². The van der Waals surface area contributed by atoms with Gasteiger partial charge in [-0.05, 0) is 57.6 Å². The first-order valence-corrected chi connectivity index (χ1v) is 10.0. The van der Waals surface area contributed by atoms with Crippen LogP contribution in [0.3, 0.4) is 0 Å². The number of hydrogen-bond donors (Lipinski definition) is 1. The van der Waals surface area contributed by atoms with E-state index in [0.29, 0.717) is 17.1 Å². The van der Waals surface area contributed by atoms with Crippen molar-refractivity contribution in [3.05, 3.63) is 44.6 Å². The third-order valence-electron chi connectivity index (χ3n) is 5.24. The summed E-state index contributed by atoms with van der Waals surface area (Å²) in [5.74, 6) is 0.811. The summed E-state index contributed by atoms with van der Waals surface area (Å²) in [7, 11) is 0. The number of thiophene rings is 1. The predicted octanol–water partition coefficient (Wildman–Crippen LogP) is 2.73. The van der Waals surface area contributed by atoms with Gasteiger partial charge in [0, 0.05) is 11.1 Å². The maximum absolute atomic E-state index is 13.2. The van der Waals surface area contributed by atoms with Crippen molar-refractivity contribution in [3.8, 4) is 0 Å². The maximum atomic E-state index is 13.2. The molecule has 3 aromatic heterocycles. The molecule has 0 aliphatic heterocycles. The Labute approximate surface area is 161 Å². The maximum Gasteiger partial charge on any atom is 0.281 e. The molecule has 3 heterocycles. The van der Waals surface area contributed by atoms with E-state index in [9.17, 15) is 9.59 Å². The minimum absolute atomic E-state index is 0.193. The summed E-state index contributed by atoms with van der Waals surface area (Å²) < 4.78 is 2.87. The van der Waals surface area contributed by atoms with Crippen LogP contribution in [0.4, 0.5) is 0 Å². The zero-order valence-electron chi connectivity index (χ0n) is 15.9. The summed E-state index contributed by atoms with van der Waals surface area (Å²) in [6.07, 6.45) is 4.73. The fraction of sp³-hybridized carbons (Fsp3) is 0.474. The molecule has 0 saturated carbocycles. The number of aromatic nitrogens is 4. The lowest BCUT2D eigenvalue weighted by molar-refractivity contribution is -0.120. The van der Waals surface area contributed by atoms with Crippen LogP contribution in [0.5, 0.6) is 0 Å². The number of aryl methyl sites for hydroxylation is 3. The summed E-state index contributed by atoms with van der Waals surface area (Å²) in [5.41, 5.74) is 4.49. The van der Waals surface area contributed by atoms with Crippen LogP contribution in [0.25, 0.3) is 10.2 Å². The lowest BCUT2D eigenvalue weighted by Crippen LogP contribution is -2.38. The standard InChI is InChI=1S/C19H23N5O2S/c1-10-5-6-14-15(9-10)27-18-16(14)19(26)24(13(4)20-18)22-17(25)12(3)23-8-7-11(2)21-23/h7-8,10,12H,5-6,9H2,1-4H3,(H,22,25)/t10-,12-/m1/s1. The lowest BCUT2D eigenvalue weighted by Gasteiger charge is -2.18. The number of amides is 1. The van der Waals surface area contributed by atoms with E-state index in [4.69, 9.17) is 0 Å². The van der Waals surface area contributed by atoms with Gasteiger partial charge in [-0.25, -0.2) is 9.66 Å². The zero-order valence-corrected chi connectivity index (χ0v) is 16.8. The number of rotatable bonds is 3. The van der Waals surface area contributed by atoms with Crippen LogP contribution in [0.2, 0.25) is 0 Å². The van der Waals surface area contributed by atoms with Crippen LogP contribution in [0.1, 0.15) is 48.3 Å². The molecule has 3 aromatic rings. The normalized spacial score (nSPS) is 17.7. The molecule has 0 fully saturated rings. The Balaban J connectivity index is 1.71. The smallest absolute Gasteiger partial charge is 0.271 e. The van der Waals surface area contributed by atoms with Crippen molar-refractivity contribution in [1.82, 2.24) is 19.4 Å². The molecule has 142 valence electrons. The van der Waals surface area contributed by atoms with Crippen molar-refractivity contribution < 1.29 is 4.79 Å². The van der Waals surface area contributed by atoms with Gasteiger partial charge >= 0.3 is 0 Å². The van der Waals surface area contributed by atoms with Gasteiger partial charge in [0.2, 0.25) is 0 Å². The molecule has 0 bridgehead atoms. The predicted molar refractivity (Wildman–Crippen MR) is 106 cm³/mol. The van der Waals surface area contributed by atoms with Crippen LogP contribution in [0, 0.1) is 19.8 Å². The molecule has 0 unspecified atom stereocenters. The van der Waals surface area contributed by atoms with E-state index in [0.717, 1.165) is 35.4 Å². The van der Waals surface area contributed by atoms with E-state index in [1.165, 1.54) is 9.55 Å². The van der Waals surface area contributed by atoms with Gasteiger partial charge in [-0.15, -0.1) is 11.3 Å². The Morgan fingerprint density at radius 1 is 1.41 bits per heavy atom. The molecule has 7 nitrogen and oxygen atoms in total. The number of nitrogens with zero attached hydrogens (tertiary/aromatic N) is 4. The quantitative estimate of drug-likeness (QED) is 0.752. The van der Waals surface area contributed by atoms with E-state index in [1.807, 2.05) is 13.0 Å². The van der Waals surface area contributed by atoms with Gasteiger partial charge in [0.15, 0.2) is 0 Å². The highest BCUT2D eigenvalue weighted by Gasteiger charge is 2.25. The second-order valence-corrected chi connectivity index (χ2v) is 8.50. The lowest BCUT2D eigenvalue weighted by atomic mass is 9.89. The van der Waals surface area contributed by atoms with Gasteiger partial charge in [0.25, 0.3) is 11.5 Å². The first-order chi connectivity index (χ1) is 12.8. The number of carbonyl (C=O) groups is 1. The first-order valence-electron chi connectivity index (χ1n) is 9.21. The van der Waals surface area contributed by atoms with Gasteiger partial charge in [-0.2, -0.15) is 5.10 Å². The molecule has 1 aliphatic carbocycles. The monoisotopic (exact) mass is 385 g/mol. The second-order valence-electron chi connectivity index (χ2n) is 7.42. The third kappa shape index (κ3) is 3.07. The topological polar surface area (TPSA) is 81.8 Å². The van der Waals surface area contributed by atoms with Crippen LogP contribution in [0.15, 0.2) is 17.1 Å². The molecule has 0 radical (unpaired) electrons. The molecule has 1 N–H and O–H groups in total. The molecule has 8 heteroatoms. The van der Waals surface area contributed by atoms with Gasteiger partial charge in [-0.1, -0.05) is 6.92 Å². The van der Waals surface area contributed by atoms with E-state index < -0.39 is 6.04 Å². The van der Waals surface area contributed by atoms with Crippen LogP contribution in [-0.4, -0.2) is 25.3 Å². The van der Waals surface area contributed by atoms with Crippen molar-refractivity contribution >= 4 is 27.5 Å². The Hall–Kier alpha value is -2.48. The Morgan fingerprint density at radius 2 is 2.19 bits per heavy atom. The van der Waals surface area contributed by atoms with E-state index >= 15 is 0 Å². The van der Waals surface area contributed by atoms with Gasteiger partial charge in [0.1, 0.15) is 16.7 Å². The van der Waals surface area contributed by atoms with Gasteiger partial charge in [-0.3, -0.25) is 19.7 Å². The number of nitrogens with one attached hydrogen (secondary N) is 1. The second kappa shape index (κ2) is 6.60. The number of hydrogen-bond acceptors (Lipinski definition) is 5. The summed E-state index contributed by atoms with van der Waals surface area (Å²) in [5, 5.41) is 4.94. The van der Waals surface area contributed by atoms with E-state index in [1.54, 1.807) is 36.1 Å². The molecular weight excluding hydrogens is 362 g/mol. The molecule has 1 aliphatic rings. The zero-order chi connectivity index (χ0) is 19.3. The van der Waals surface area contributed by atoms with Crippen LogP contribution < -0.4 is 11.0 Å². The van der Waals surface area contributed by atoms with Crippen LogP contribution >= 0.6 is 11.3 Å². The highest BCUT2D eigenvalue weighted by Crippen LogP contribution is 2.35. The highest BCUT2D eigenvalue weighted by atomic mass is 32.1. The molecular formula is C19H23N5O2S. The molecule has 4 rings (SSSR count). The van der Waals surface area contributed by atoms with E-state index in [-0.39, 0.29) is 11.5 Å². The average molecular weight is 385 g/mol. The highest BCUT2D eigenvalue weighted by molar-refractivity contribution is 7.18. The largest absolute Gasteiger partial charge is 0.281 e. The van der Waals surface area contributed by atoms with Crippen molar-refractivity contribution in [3.63, 3.8) is 0 Å². The summed E-state index contributed by atoms with van der Waals surface area (Å²) in [4.78, 5) is 32.5. The van der Waals surface area contributed by atoms with Crippen molar-refractivity contribution in [2.24, 2.45) is 5.92 Å². The minimum Gasteiger partial charge on any atom is -0.271 e. The molecule has 27 heavy (non-hydrogen) atoms. The summed E-state index contributed by atoms with van der Waals surface area (Å²) >= 11 is 1.61. The number of fused-ring (bicyclic) bond motifs is 3. The number of carbonyl (C=O) groups excluding carboxylic acids is 1. The molecule has 1 amide bonds. The molecule has 0 saturated heterocycles. The van der Waals surface area contributed by atoms with Gasteiger partial charge in [0.05, 0.1) is 11.1 Å². The Kier molecular flexibility index (Phi) is 4.38. The molecule has 0 aromatic carbocycles. The molecule has 2 atom stereocenters. The average Bonchev–Trinajstić information content (AvgIpc) is 3.20. The van der Waals surface area contributed by atoms with E-state index in [2.05, 4.69) is 22.4 Å². The summed E-state index contributed by atoms with van der Waals surface area (Å²) in [6.45, 7) is 7.60. The summed E-state index contributed by atoms with van der Waals surface area (Å²) in [6, 6.07) is 1.31. The Bertz CT molecular complexity index is 1090.